The summed E-state index contributed by atoms with van der Waals surface area (Å²) in [6.07, 6.45) is 3.76. The molecule has 2 N–H and O–H groups in total. The van der Waals surface area contributed by atoms with Crippen molar-refractivity contribution in [2.24, 2.45) is 0 Å². The molecule has 0 aliphatic heterocycles. The van der Waals surface area contributed by atoms with Crippen LogP contribution >= 0.6 is 0 Å². The van der Waals surface area contributed by atoms with Crippen LogP contribution in [0.3, 0.4) is 0 Å². The Morgan fingerprint density at radius 3 is 2.47 bits per heavy atom. The van der Waals surface area contributed by atoms with Crippen molar-refractivity contribution in [2.45, 2.75) is 25.7 Å². The van der Waals surface area contributed by atoms with Crippen molar-refractivity contribution in [3.63, 3.8) is 0 Å². The number of amides is 1. The van der Waals surface area contributed by atoms with Gasteiger partial charge in [0.25, 0.3) is 0 Å². The normalized spacial score (nSPS) is 10.7. The number of nitrogens with one attached hydrogen (secondary N) is 2. The second kappa shape index (κ2) is 9.93. The lowest BCUT2D eigenvalue weighted by molar-refractivity contribution is -0.121. The van der Waals surface area contributed by atoms with Crippen LogP contribution in [0, 0.1) is 0 Å². The number of hydrogen-bond acceptors (Lipinski definition) is 3. The quantitative estimate of drug-likeness (QED) is 0.549. The lowest BCUT2D eigenvalue weighted by Gasteiger charge is -2.09. The van der Waals surface area contributed by atoms with Crippen LogP contribution in [0.2, 0.25) is 0 Å². The Hall–Kier alpha value is -0.610. The Balaban J connectivity index is 3.17. The highest BCUT2D eigenvalue weighted by Crippen LogP contribution is 1.91. The van der Waals surface area contributed by atoms with Gasteiger partial charge in [0, 0.05) is 13.0 Å². The van der Waals surface area contributed by atoms with E-state index in [0.717, 1.165) is 38.9 Å². The molecular formula is C11H25N3O. The Kier molecular flexibility index (Phi) is 9.52. The summed E-state index contributed by atoms with van der Waals surface area (Å²) in [7, 11) is 6.03. The first kappa shape index (κ1) is 14.4. The predicted molar refractivity (Wildman–Crippen MR) is 64.0 cm³/mol. The summed E-state index contributed by atoms with van der Waals surface area (Å²) in [4.78, 5) is 13.4. The Labute approximate surface area is 93.4 Å². The molecule has 0 unspecified atom stereocenters. The van der Waals surface area contributed by atoms with Gasteiger partial charge in [-0.1, -0.05) is 0 Å². The number of hydrogen-bond donors (Lipinski definition) is 2. The van der Waals surface area contributed by atoms with Crippen molar-refractivity contribution < 1.29 is 4.79 Å². The van der Waals surface area contributed by atoms with Crippen molar-refractivity contribution >= 4 is 5.91 Å². The molecule has 0 aliphatic carbocycles. The van der Waals surface area contributed by atoms with E-state index in [9.17, 15) is 4.79 Å². The third kappa shape index (κ3) is 11.3. The Morgan fingerprint density at radius 1 is 1.13 bits per heavy atom. The molecule has 15 heavy (non-hydrogen) atoms. The number of nitrogens with zero attached hydrogens (tertiary/aromatic N) is 1. The van der Waals surface area contributed by atoms with Gasteiger partial charge in [0.15, 0.2) is 0 Å². The molecule has 0 atom stereocenters. The maximum Gasteiger partial charge on any atom is 0.220 e. The van der Waals surface area contributed by atoms with Gasteiger partial charge in [0.05, 0.1) is 0 Å². The smallest absolute Gasteiger partial charge is 0.220 e. The van der Waals surface area contributed by atoms with E-state index in [4.69, 9.17) is 0 Å². The molecule has 0 aliphatic rings. The van der Waals surface area contributed by atoms with Crippen LogP contribution in [-0.2, 0) is 4.79 Å². The average molecular weight is 215 g/mol. The fraction of sp³-hybridized carbons (Fsp3) is 0.909. The minimum atomic E-state index is 0.176. The third-order valence-corrected chi connectivity index (χ3v) is 2.18. The summed E-state index contributed by atoms with van der Waals surface area (Å²) in [6.45, 7) is 2.82. The molecule has 0 saturated carbocycles. The number of unbranched alkanes of at least 4 members (excludes halogenated alkanes) is 1. The molecule has 0 fully saturated rings. The van der Waals surface area contributed by atoms with Gasteiger partial charge in [0.2, 0.25) is 5.91 Å². The number of carbonyl (C=O) groups is 1. The van der Waals surface area contributed by atoms with Crippen molar-refractivity contribution in [1.82, 2.24) is 15.5 Å². The highest BCUT2D eigenvalue weighted by molar-refractivity contribution is 5.75. The first-order valence-corrected chi connectivity index (χ1v) is 5.73. The molecule has 0 aromatic heterocycles. The monoisotopic (exact) mass is 215 g/mol. The van der Waals surface area contributed by atoms with Gasteiger partial charge in [-0.2, -0.15) is 0 Å². The minimum Gasteiger partial charge on any atom is -0.356 e. The Morgan fingerprint density at radius 2 is 1.87 bits per heavy atom. The highest BCUT2D eigenvalue weighted by atomic mass is 16.1. The summed E-state index contributed by atoms with van der Waals surface area (Å²) in [6, 6.07) is 0. The van der Waals surface area contributed by atoms with Crippen molar-refractivity contribution in [3.8, 4) is 0 Å². The van der Waals surface area contributed by atoms with Crippen LogP contribution in [0.15, 0.2) is 0 Å². The van der Waals surface area contributed by atoms with E-state index < -0.39 is 0 Å². The zero-order chi connectivity index (χ0) is 11.5. The minimum absolute atomic E-state index is 0.176. The zero-order valence-electron chi connectivity index (χ0n) is 10.3. The SMILES string of the molecule is CNCCCC(=O)NCCCCN(C)C. The van der Waals surface area contributed by atoms with E-state index in [0.29, 0.717) is 6.42 Å². The average Bonchev–Trinajstić information content (AvgIpc) is 2.17. The summed E-state index contributed by atoms with van der Waals surface area (Å²) in [5.74, 6) is 0.176. The van der Waals surface area contributed by atoms with Gasteiger partial charge >= 0.3 is 0 Å². The van der Waals surface area contributed by atoms with Gasteiger partial charge in [-0.15, -0.1) is 0 Å². The summed E-state index contributed by atoms with van der Waals surface area (Å²) in [5.41, 5.74) is 0. The van der Waals surface area contributed by atoms with Crippen molar-refractivity contribution in [3.05, 3.63) is 0 Å². The third-order valence-electron chi connectivity index (χ3n) is 2.18. The van der Waals surface area contributed by atoms with E-state index in [1.54, 1.807) is 0 Å². The second-order valence-electron chi connectivity index (χ2n) is 4.07. The fourth-order valence-electron chi connectivity index (χ4n) is 1.29. The first-order valence-electron chi connectivity index (χ1n) is 5.73. The van der Waals surface area contributed by atoms with E-state index in [-0.39, 0.29) is 5.91 Å². The van der Waals surface area contributed by atoms with Gasteiger partial charge < -0.3 is 15.5 Å². The lowest BCUT2D eigenvalue weighted by atomic mass is 10.2. The van der Waals surface area contributed by atoms with Crippen LogP contribution in [0.1, 0.15) is 25.7 Å². The van der Waals surface area contributed by atoms with Crippen LogP contribution < -0.4 is 10.6 Å². The molecule has 0 saturated heterocycles. The van der Waals surface area contributed by atoms with Gasteiger partial charge in [-0.05, 0) is 53.5 Å². The van der Waals surface area contributed by atoms with Crippen molar-refractivity contribution in [2.75, 3.05) is 40.8 Å². The van der Waals surface area contributed by atoms with Crippen LogP contribution in [0.4, 0.5) is 0 Å². The lowest BCUT2D eigenvalue weighted by Crippen LogP contribution is -2.25. The molecule has 0 heterocycles. The molecule has 1 amide bonds. The van der Waals surface area contributed by atoms with Crippen molar-refractivity contribution in [1.29, 1.82) is 0 Å². The fourth-order valence-corrected chi connectivity index (χ4v) is 1.29. The molecule has 0 bridgehead atoms. The maximum absolute atomic E-state index is 11.3. The number of carbonyl (C=O) groups excluding carboxylic acids is 1. The largest absolute Gasteiger partial charge is 0.356 e. The number of rotatable bonds is 9. The molecule has 4 heteroatoms. The highest BCUT2D eigenvalue weighted by Gasteiger charge is 1.99. The molecule has 0 radical (unpaired) electrons. The molecular weight excluding hydrogens is 190 g/mol. The zero-order valence-corrected chi connectivity index (χ0v) is 10.3. The Bertz CT molecular complexity index is 160. The molecule has 0 aromatic rings. The molecule has 0 aromatic carbocycles. The van der Waals surface area contributed by atoms with Crippen LogP contribution in [0.25, 0.3) is 0 Å². The van der Waals surface area contributed by atoms with Crippen LogP contribution in [0.5, 0.6) is 0 Å². The van der Waals surface area contributed by atoms with E-state index in [1.807, 2.05) is 7.05 Å². The van der Waals surface area contributed by atoms with E-state index in [2.05, 4.69) is 29.6 Å². The molecule has 0 spiro atoms. The summed E-state index contributed by atoms with van der Waals surface area (Å²) >= 11 is 0. The summed E-state index contributed by atoms with van der Waals surface area (Å²) in [5, 5.41) is 5.96. The molecule has 4 nitrogen and oxygen atoms in total. The standard InChI is InChI=1S/C11H25N3O/c1-12-8-6-7-11(15)13-9-4-5-10-14(2)3/h12H,4-10H2,1-3H3,(H,13,15). The predicted octanol–water partition coefficient (Wildman–Crippen LogP) is 0.444. The summed E-state index contributed by atoms with van der Waals surface area (Å²) < 4.78 is 0. The van der Waals surface area contributed by atoms with E-state index in [1.165, 1.54) is 0 Å². The van der Waals surface area contributed by atoms with Gasteiger partial charge in [-0.25, -0.2) is 0 Å². The second-order valence-corrected chi connectivity index (χ2v) is 4.07. The maximum atomic E-state index is 11.3. The first-order chi connectivity index (χ1) is 7.16. The van der Waals surface area contributed by atoms with E-state index >= 15 is 0 Å². The van der Waals surface area contributed by atoms with Gasteiger partial charge in [0.1, 0.15) is 0 Å². The van der Waals surface area contributed by atoms with Crippen LogP contribution in [-0.4, -0.2) is 51.6 Å². The molecule has 0 rings (SSSR count). The topological polar surface area (TPSA) is 44.4 Å². The molecule has 90 valence electrons. The van der Waals surface area contributed by atoms with Gasteiger partial charge in [-0.3, -0.25) is 4.79 Å².